The fraction of sp³-hybridized carbons (Fsp3) is 0.333. The average molecular weight is 336 g/mol. The summed E-state index contributed by atoms with van der Waals surface area (Å²) in [7, 11) is -0.984. The second kappa shape index (κ2) is 5.32. The van der Waals surface area contributed by atoms with Crippen LogP contribution in [-0.4, -0.2) is 28.4 Å². The molecule has 1 aliphatic rings. The Bertz CT molecular complexity index is 379. The van der Waals surface area contributed by atoms with Crippen molar-refractivity contribution in [1.29, 1.82) is 0 Å². The molecule has 5 nitrogen and oxygen atoms in total. The van der Waals surface area contributed by atoms with Crippen LogP contribution in [0.3, 0.4) is 0 Å². The molecule has 16 heavy (non-hydrogen) atoms. The molecule has 4 N–H and O–H groups in total. The normalized spacial score (nSPS) is 18.9. The quantitative estimate of drug-likeness (QED) is 0.295. The van der Waals surface area contributed by atoms with Crippen LogP contribution in [0.5, 0.6) is 5.75 Å². The number of fused-ring (bicyclic) bond motifs is 1. The first-order chi connectivity index (χ1) is 7.77. The van der Waals surface area contributed by atoms with E-state index in [4.69, 9.17) is 18.6 Å². The van der Waals surface area contributed by atoms with Crippen LogP contribution in [0.15, 0.2) is 18.2 Å². The fourth-order valence-electron chi connectivity index (χ4n) is 1.74. The maximum absolute atomic E-state index is 9.75. The first-order valence-corrected chi connectivity index (χ1v) is 7.22. The van der Waals surface area contributed by atoms with Gasteiger partial charge in [0.25, 0.3) is 0 Å². The van der Waals surface area contributed by atoms with Gasteiger partial charge in [0.05, 0.1) is 0 Å². The number of aliphatic hydroxyl groups is 1. The Balaban J connectivity index is 2.32. The van der Waals surface area contributed by atoms with E-state index in [1.54, 1.807) is 6.07 Å². The molecule has 0 radical (unpaired) electrons. The number of alkyl halides is 1. The molecule has 0 fully saturated rings. The van der Waals surface area contributed by atoms with Crippen LogP contribution in [-0.2, 0) is 4.65 Å². The first kappa shape index (κ1) is 12.1. The van der Waals surface area contributed by atoms with E-state index in [9.17, 15) is 5.02 Å². The van der Waals surface area contributed by atoms with Crippen LogP contribution < -0.4 is 35.9 Å². The molecule has 2 rings (SSSR count). The van der Waals surface area contributed by atoms with Crippen molar-refractivity contribution in [2.45, 2.75) is 6.10 Å². The molecule has 1 unspecified atom stereocenters. The van der Waals surface area contributed by atoms with Gasteiger partial charge in [-0.15, -0.1) is 0 Å². The number of benzene rings is 1. The Morgan fingerprint density at radius 2 is 2.38 bits per heavy atom. The number of halogens is 1. The van der Waals surface area contributed by atoms with Gasteiger partial charge >= 0.3 is 105 Å². The summed E-state index contributed by atoms with van der Waals surface area (Å²) in [5, 5.41) is 18.5. The zero-order valence-corrected chi connectivity index (χ0v) is 10.6. The van der Waals surface area contributed by atoms with Crippen molar-refractivity contribution in [2.24, 2.45) is 5.73 Å². The summed E-state index contributed by atoms with van der Waals surface area (Å²) in [5.74, 6) is 0.586. The van der Waals surface area contributed by atoms with E-state index < -0.39 is 28.7 Å². The maximum atomic E-state index is 9.75. The molecule has 0 bridgehead atoms. The van der Waals surface area contributed by atoms with Crippen LogP contribution in [0.4, 0.5) is 0 Å². The van der Waals surface area contributed by atoms with Gasteiger partial charge in [0.2, 0.25) is 0 Å². The third-order valence-corrected chi connectivity index (χ3v) is 3.45. The monoisotopic (exact) mass is 336 g/mol. The van der Waals surface area contributed by atoms with Crippen LogP contribution >= 0.6 is 0 Å². The summed E-state index contributed by atoms with van der Waals surface area (Å²) in [6.07, 6.45) is -0.277. The number of hydrogen-bond acceptors (Lipinski definition) is 5. The van der Waals surface area contributed by atoms with Gasteiger partial charge in [-0.2, -0.15) is 0 Å². The minimum absolute atomic E-state index is 0.0415. The zero-order chi connectivity index (χ0) is 11.5. The van der Waals surface area contributed by atoms with Crippen molar-refractivity contribution >= 4 is 12.6 Å². The standard InChI is InChI=1S/C9H12BINO4/c12-4-8-6-2-1-3-7(16-11-5-13)9(6)10(14)15-8/h1-3,8,13-14H,4-5,12H2/q-1. The summed E-state index contributed by atoms with van der Waals surface area (Å²) >= 11 is -0.739. The molecule has 0 spiro atoms. The fourth-order valence-corrected chi connectivity index (χ4v) is 2.59. The second-order valence-electron chi connectivity index (χ2n) is 3.28. The van der Waals surface area contributed by atoms with Gasteiger partial charge in [0, 0.05) is 0 Å². The Kier molecular flexibility index (Phi) is 4.03. The van der Waals surface area contributed by atoms with E-state index in [1.165, 1.54) is 0 Å². The van der Waals surface area contributed by atoms with Gasteiger partial charge in [-0.1, -0.05) is 0 Å². The molecule has 1 aromatic carbocycles. The number of rotatable bonds is 4. The van der Waals surface area contributed by atoms with E-state index in [0.29, 0.717) is 17.8 Å². The van der Waals surface area contributed by atoms with E-state index in [-0.39, 0.29) is 10.7 Å². The SMILES string of the molecule is NCC1OB(O)c2c(O[I-]CO)cccc21. The summed E-state index contributed by atoms with van der Waals surface area (Å²) < 4.78 is 10.8. The molecule has 7 heteroatoms. The van der Waals surface area contributed by atoms with Crippen molar-refractivity contribution in [3.8, 4) is 5.75 Å². The van der Waals surface area contributed by atoms with Crippen LogP contribution in [0, 0.1) is 0 Å². The molecule has 1 aliphatic heterocycles. The van der Waals surface area contributed by atoms with E-state index in [1.807, 2.05) is 12.1 Å². The first-order valence-electron chi connectivity index (χ1n) is 4.81. The molecule has 0 saturated heterocycles. The minimum atomic E-state index is -0.984. The summed E-state index contributed by atoms with van der Waals surface area (Å²) in [4.78, 5) is 0. The van der Waals surface area contributed by atoms with Gasteiger partial charge in [-0.25, -0.2) is 0 Å². The van der Waals surface area contributed by atoms with Crippen molar-refractivity contribution in [3.05, 3.63) is 23.8 Å². The number of aliphatic hydroxyl groups excluding tert-OH is 1. The van der Waals surface area contributed by atoms with E-state index in [2.05, 4.69) is 0 Å². The molecule has 1 heterocycles. The molecule has 0 amide bonds. The van der Waals surface area contributed by atoms with E-state index >= 15 is 0 Å². The third kappa shape index (κ3) is 2.18. The molecule has 0 aromatic heterocycles. The summed E-state index contributed by atoms with van der Waals surface area (Å²) in [6.45, 7) is 0.322. The van der Waals surface area contributed by atoms with Gasteiger partial charge in [-0.05, 0) is 0 Å². The zero-order valence-electron chi connectivity index (χ0n) is 8.47. The van der Waals surface area contributed by atoms with Gasteiger partial charge in [-0.3, -0.25) is 0 Å². The molecule has 1 atom stereocenters. The Hall–Kier alpha value is -0.345. The average Bonchev–Trinajstić information content (AvgIpc) is 2.64. The van der Waals surface area contributed by atoms with Crippen LogP contribution in [0.1, 0.15) is 11.7 Å². The van der Waals surface area contributed by atoms with Gasteiger partial charge in [0.15, 0.2) is 0 Å². The molecular formula is C9H12BINO4-. The predicted molar refractivity (Wildman–Crippen MR) is 54.6 cm³/mol. The third-order valence-electron chi connectivity index (χ3n) is 2.39. The van der Waals surface area contributed by atoms with Crippen LogP contribution in [0.25, 0.3) is 0 Å². The Labute approximate surface area is 105 Å². The molecule has 88 valence electrons. The molecular weight excluding hydrogens is 324 g/mol. The topological polar surface area (TPSA) is 84.9 Å². The Morgan fingerprint density at radius 1 is 1.56 bits per heavy atom. The second-order valence-corrected chi connectivity index (χ2v) is 5.02. The molecule has 0 aliphatic carbocycles. The van der Waals surface area contributed by atoms with Gasteiger partial charge < -0.3 is 0 Å². The van der Waals surface area contributed by atoms with Crippen LogP contribution in [0.2, 0.25) is 0 Å². The van der Waals surface area contributed by atoms with Gasteiger partial charge in [0.1, 0.15) is 0 Å². The van der Waals surface area contributed by atoms with E-state index in [0.717, 1.165) is 5.56 Å². The predicted octanol–water partition coefficient (Wildman–Crippen LogP) is -4.26. The molecule has 0 saturated carbocycles. The van der Waals surface area contributed by atoms with Crippen molar-refractivity contribution in [2.75, 3.05) is 11.2 Å². The van der Waals surface area contributed by atoms with Crippen molar-refractivity contribution in [3.63, 3.8) is 0 Å². The van der Waals surface area contributed by atoms with Crippen molar-refractivity contribution < 1.29 is 39.5 Å². The number of nitrogens with two attached hydrogens (primary N) is 1. The summed E-state index contributed by atoms with van der Waals surface area (Å²) in [5.41, 5.74) is 7.07. The van der Waals surface area contributed by atoms with Crippen molar-refractivity contribution in [1.82, 2.24) is 0 Å². The summed E-state index contributed by atoms with van der Waals surface area (Å²) in [6, 6.07) is 5.46. The number of hydrogen-bond donors (Lipinski definition) is 3. The Morgan fingerprint density at radius 3 is 3.06 bits per heavy atom. The molecule has 1 aromatic rings.